The Morgan fingerprint density at radius 3 is 1.73 bits per heavy atom. The lowest BCUT2D eigenvalue weighted by Gasteiger charge is -2.27. The molecule has 0 amide bonds. The molecule has 0 aliphatic rings. The molecule has 0 saturated heterocycles. The van der Waals surface area contributed by atoms with Gasteiger partial charge in [0.15, 0.2) is 0 Å². The number of aryl methyl sites for hydroxylation is 1. The third-order valence-corrected chi connectivity index (χ3v) is 8.65. The molecular weight excluding hydrogens is 544 g/mol. The van der Waals surface area contributed by atoms with Crippen LogP contribution < -0.4 is 4.90 Å². The first-order chi connectivity index (χ1) is 22.2. The summed E-state index contributed by atoms with van der Waals surface area (Å²) in [6.07, 6.45) is 0. The summed E-state index contributed by atoms with van der Waals surface area (Å²) in [4.78, 5) is 2.41. The van der Waals surface area contributed by atoms with Crippen molar-refractivity contribution in [1.82, 2.24) is 4.57 Å². The lowest BCUT2D eigenvalue weighted by Crippen LogP contribution is -2.10. The van der Waals surface area contributed by atoms with Crippen LogP contribution in [0.5, 0.6) is 0 Å². The van der Waals surface area contributed by atoms with E-state index in [1.807, 2.05) is 0 Å². The van der Waals surface area contributed by atoms with Crippen LogP contribution in [0, 0.1) is 6.92 Å². The van der Waals surface area contributed by atoms with Crippen LogP contribution in [0.15, 0.2) is 176 Å². The summed E-state index contributed by atoms with van der Waals surface area (Å²) in [5, 5.41) is 2.46. The van der Waals surface area contributed by atoms with Crippen LogP contribution in [0.25, 0.3) is 49.7 Å². The molecule has 0 atom stereocenters. The van der Waals surface area contributed by atoms with Crippen molar-refractivity contribution >= 4 is 38.9 Å². The highest BCUT2D eigenvalue weighted by Crippen LogP contribution is 2.44. The molecule has 0 N–H and O–H groups in total. The van der Waals surface area contributed by atoms with Crippen molar-refractivity contribution in [3.63, 3.8) is 0 Å². The molecule has 0 bridgehead atoms. The molecule has 214 valence electrons. The van der Waals surface area contributed by atoms with Crippen LogP contribution in [-0.2, 0) is 0 Å². The van der Waals surface area contributed by atoms with E-state index >= 15 is 0 Å². The van der Waals surface area contributed by atoms with Crippen molar-refractivity contribution in [2.75, 3.05) is 4.90 Å². The predicted octanol–water partition coefficient (Wildman–Crippen LogP) is 11.9. The van der Waals surface area contributed by atoms with Gasteiger partial charge in [-0.15, -0.1) is 0 Å². The van der Waals surface area contributed by atoms with E-state index in [0.717, 1.165) is 22.7 Å². The molecule has 1 aromatic heterocycles. The summed E-state index contributed by atoms with van der Waals surface area (Å²) in [6, 6.07) is 63.3. The Bertz CT molecular complexity index is 2250. The summed E-state index contributed by atoms with van der Waals surface area (Å²) in [5.74, 6) is 0. The van der Waals surface area contributed by atoms with E-state index in [1.54, 1.807) is 0 Å². The van der Waals surface area contributed by atoms with Crippen molar-refractivity contribution in [2.45, 2.75) is 6.92 Å². The first-order valence-corrected chi connectivity index (χ1v) is 15.4. The maximum absolute atomic E-state index is 2.41. The molecule has 0 aliphatic carbocycles. The van der Waals surface area contributed by atoms with E-state index in [4.69, 9.17) is 0 Å². The third kappa shape index (κ3) is 4.87. The lowest BCUT2D eigenvalue weighted by atomic mass is 10.0. The third-order valence-electron chi connectivity index (χ3n) is 8.65. The topological polar surface area (TPSA) is 8.17 Å². The number of rotatable bonds is 6. The van der Waals surface area contributed by atoms with Gasteiger partial charge in [0.1, 0.15) is 0 Å². The van der Waals surface area contributed by atoms with Gasteiger partial charge in [-0.3, -0.25) is 0 Å². The second kappa shape index (κ2) is 11.3. The number of fused-ring (bicyclic) bond motifs is 3. The van der Waals surface area contributed by atoms with E-state index < -0.39 is 0 Å². The first-order valence-electron chi connectivity index (χ1n) is 15.4. The van der Waals surface area contributed by atoms with Gasteiger partial charge < -0.3 is 9.47 Å². The summed E-state index contributed by atoms with van der Waals surface area (Å²) in [5.41, 5.74) is 13.0. The number of hydrogen-bond acceptors (Lipinski definition) is 1. The highest BCUT2D eigenvalue weighted by atomic mass is 15.1. The van der Waals surface area contributed by atoms with Crippen LogP contribution in [0.3, 0.4) is 0 Å². The molecule has 0 aliphatic heterocycles. The van der Waals surface area contributed by atoms with Gasteiger partial charge in [0, 0.05) is 27.8 Å². The Balaban J connectivity index is 1.35. The van der Waals surface area contributed by atoms with Crippen LogP contribution in [0.4, 0.5) is 17.1 Å². The molecule has 2 heteroatoms. The normalized spacial score (nSPS) is 11.2. The average molecular weight is 577 g/mol. The van der Waals surface area contributed by atoms with E-state index in [9.17, 15) is 0 Å². The molecule has 0 spiro atoms. The zero-order valence-corrected chi connectivity index (χ0v) is 25.1. The fourth-order valence-electron chi connectivity index (χ4n) is 6.47. The fourth-order valence-corrected chi connectivity index (χ4v) is 6.47. The second-order valence-electron chi connectivity index (χ2n) is 11.5. The SMILES string of the molecule is Cc1ccc(N(c2cccc(-c3ccccc3)c2)c2cccc3c2c2ccccc2n3-c2ccc(-c3ccccc3)cc2)cc1. The van der Waals surface area contributed by atoms with Crippen LogP contribution >= 0.6 is 0 Å². The Kier molecular flexibility index (Phi) is 6.73. The van der Waals surface area contributed by atoms with E-state index in [1.165, 1.54) is 49.6 Å². The smallest absolute Gasteiger partial charge is 0.0562 e. The number of anilines is 3. The minimum absolute atomic E-state index is 1.12. The molecule has 0 unspecified atom stereocenters. The number of benzene rings is 7. The van der Waals surface area contributed by atoms with Gasteiger partial charge in [0.25, 0.3) is 0 Å². The molecule has 2 nitrogen and oxygen atoms in total. The standard InChI is InChI=1S/C43H32N2/c1-31-22-26-36(27-23-31)44(38-17-10-16-35(30-38)33-14-6-3-7-15-33)41-20-11-21-42-43(41)39-18-8-9-19-40(39)45(42)37-28-24-34(25-29-37)32-12-4-2-5-13-32/h2-30H,1H3. The highest BCUT2D eigenvalue weighted by Gasteiger charge is 2.21. The molecule has 1 heterocycles. The quantitative estimate of drug-likeness (QED) is 0.191. The van der Waals surface area contributed by atoms with Gasteiger partial charge in [-0.05, 0) is 83.8 Å². The van der Waals surface area contributed by atoms with Gasteiger partial charge in [-0.1, -0.05) is 127 Å². The van der Waals surface area contributed by atoms with E-state index in [0.29, 0.717) is 0 Å². The minimum Gasteiger partial charge on any atom is -0.310 e. The molecule has 45 heavy (non-hydrogen) atoms. The summed E-state index contributed by atoms with van der Waals surface area (Å²) >= 11 is 0. The number of para-hydroxylation sites is 1. The number of nitrogens with zero attached hydrogens (tertiary/aromatic N) is 2. The summed E-state index contributed by atoms with van der Waals surface area (Å²) in [7, 11) is 0. The Morgan fingerprint density at radius 2 is 1.00 bits per heavy atom. The molecular formula is C43H32N2. The van der Waals surface area contributed by atoms with Gasteiger partial charge in [-0.2, -0.15) is 0 Å². The monoisotopic (exact) mass is 576 g/mol. The predicted molar refractivity (Wildman–Crippen MR) is 191 cm³/mol. The Morgan fingerprint density at radius 1 is 0.422 bits per heavy atom. The first kappa shape index (κ1) is 26.7. The zero-order valence-electron chi connectivity index (χ0n) is 25.1. The van der Waals surface area contributed by atoms with Gasteiger partial charge in [-0.25, -0.2) is 0 Å². The molecule has 0 radical (unpaired) electrons. The largest absolute Gasteiger partial charge is 0.310 e. The maximum Gasteiger partial charge on any atom is 0.0562 e. The van der Waals surface area contributed by atoms with Crippen LogP contribution in [-0.4, -0.2) is 4.57 Å². The summed E-state index contributed by atoms with van der Waals surface area (Å²) in [6.45, 7) is 2.14. The molecule has 0 saturated carbocycles. The van der Waals surface area contributed by atoms with Crippen molar-refractivity contribution in [2.24, 2.45) is 0 Å². The van der Waals surface area contributed by atoms with E-state index in [2.05, 4.69) is 192 Å². The van der Waals surface area contributed by atoms with Gasteiger partial charge in [0.2, 0.25) is 0 Å². The Labute approximate surface area is 264 Å². The number of aromatic nitrogens is 1. The van der Waals surface area contributed by atoms with Crippen molar-refractivity contribution in [3.8, 4) is 27.9 Å². The molecule has 0 fully saturated rings. The van der Waals surface area contributed by atoms with Gasteiger partial charge >= 0.3 is 0 Å². The maximum atomic E-state index is 2.41. The van der Waals surface area contributed by atoms with E-state index in [-0.39, 0.29) is 0 Å². The minimum atomic E-state index is 1.12. The van der Waals surface area contributed by atoms with Crippen molar-refractivity contribution in [3.05, 3.63) is 181 Å². The van der Waals surface area contributed by atoms with Crippen molar-refractivity contribution in [1.29, 1.82) is 0 Å². The van der Waals surface area contributed by atoms with Crippen LogP contribution in [0.1, 0.15) is 5.56 Å². The molecule has 8 aromatic rings. The zero-order chi connectivity index (χ0) is 30.2. The van der Waals surface area contributed by atoms with Gasteiger partial charge in [0.05, 0.1) is 16.7 Å². The van der Waals surface area contributed by atoms with Crippen LogP contribution in [0.2, 0.25) is 0 Å². The molecule has 8 rings (SSSR count). The molecule has 7 aromatic carbocycles. The summed E-state index contributed by atoms with van der Waals surface area (Å²) < 4.78 is 2.40. The second-order valence-corrected chi connectivity index (χ2v) is 11.5. The average Bonchev–Trinajstić information content (AvgIpc) is 3.45. The lowest BCUT2D eigenvalue weighted by molar-refractivity contribution is 1.18. The number of hydrogen-bond donors (Lipinski definition) is 0. The van der Waals surface area contributed by atoms with Crippen molar-refractivity contribution < 1.29 is 0 Å². The highest BCUT2D eigenvalue weighted by molar-refractivity contribution is 6.16. The Hall–Kier alpha value is -5.86. The fraction of sp³-hybridized carbons (Fsp3) is 0.0233.